The van der Waals surface area contributed by atoms with E-state index >= 15 is 0 Å². The second-order valence-corrected chi connectivity index (χ2v) is 4.79. The SMILES string of the molecule is Cc1nonc1O[C@H](C)CNc1ccc([N+](=O)[O-])cc1Cl. The molecule has 1 aromatic heterocycles. The Kier molecular flexibility index (Phi) is 4.59. The zero-order chi connectivity index (χ0) is 15.4. The molecule has 1 N–H and O–H groups in total. The number of hydrogen-bond acceptors (Lipinski definition) is 7. The Bertz CT molecular complexity index is 646. The zero-order valence-electron chi connectivity index (χ0n) is 11.4. The van der Waals surface area contributed by atoms with Gasteiger partial charge in [-0.3, -0.25) is 10.1 Å². The van der Waals surface area contributed by atoms with E-state index in [2.05, 4.69) is 20.3 Å². The summed E-state index contributed by atoms with van der Waals surface area (Å²) >= 11 is 5.98. The first-order valence-corrected chi connectivity index (χ1v) is 6.49. The molecule has 21 heavy (non-hydrogen) atoms. The number of nitro groups is 1. The molecule has 0 saturated carbocycles. The number of rotatable bonds is 6. The van der Waals surface area contributed by atoms with E-state index in [1.807, 2.05) is 6.92 Å². The van der Waals surface area contributed by atoms with Gasteiger partial charge < -0.3 is 10.1 Å². The van der Waals surface area contributed by atoms with Crippen molar-refractivity contribution in [1.29, 1.82) is 0 Å². The first-order chi connectivity index (χ1) is 9.97. The van der Waals surface area contributed by atoms with Crippen LogP contribution < -0.4 is 10.1 Å². The van der Waals surface area contributed by atoms with Crippen molar-refractivity contribution < 1.29 is 14.3 Å². The van der Waals surface area contributed by atoms with Crippen LogP contribution in [0.5, 0.6) is 5.88 Å². The summed E-state index contributed by atoms with van der Waals surface area (Å²) in [5.41, 5.74) is 1.10. The minimum absolute atomic E-state index is 0.0563. The Morgan fingerprint density at radius 2 is 2.29 bits per heavy atom. The fourth-order valence-electron chi connectivity index (χ4n) is 1.58. The number of non-ortho nitro benzene ring substituents is 1. The molecule has 0 aliphatic heterocycles. The van der Waals surface area contributed by atoms with Crippen molar-refractivity contribution in [2.75, 3.05) is 11.9 Å². The third kappa shape index (κ3) is 3.82. The topological polar surface area (TPSA) is 103 Å². The number of aryl methyl sites for hydroxylation is 1. The van der Waals surface area contributed by atoms with Gasteiger partial charge in [0.2, 0.25) is 0 Å². The Morgan fingerprint density at radius 1 is 1.52 bits per heavy atom. The monoisotopic (exact) mass is 312 g/mol. The van der Waals surface area contributed by atoms with E-state index in [1.54, 1.807) is 13.0 Å². The van der Waals surface area contributed by atoms with Gasteiger partial charge in [-0.25, -0.2) is 4.63 Å². The van der Waals surface area contributed by atoms with Crippen molar-refractivity contribution in [2.24, 2.45) is 0 Å². The fourth-order valence-corrected chi connectivity index (χ4v) is 1.82. The van der Waals surface area contributed by atoms with Crippen LogP contribution in [0, 0.1) is 17.0 Å². The highest BCUT2D eigenvalue weighted by Gasteiger charge is 2.13. The van der Waals surface area contributed by atoms with Crippen molar-refractivity contribution in [3.05, 3.63) is 39.0 Å². The van der Waals surface area contributed by atoms with Gasteiger partial charge in [-0.2, -0.15) is 0 Å². The van der Waals surface area contributed by atoms with E-state index in [0.29, 0.717) is 23.8 Å². The molecule has 0 radical (unpaired) electrons. The first-order valence-electron chi connectivity index (χ1n) is 6.11. The summed E-state index contributed by atoms with van der Waals surface area (Å²) in [7, 11) is 0. The Hall–Kier alpha value is -2.35. The summed E-state index contributed by atoms with van der Waals surface area (Å²) in [6, 6.07) is 4.22. The lowest BCUT2D eigenvalue weighted by atomic mass is 10.2. The number of nitrogens with one attached hydrogen (secondary N) is 1. The smallest absolute Gasteiger partial charge is 0.279 e. The Labute approximate surface area is 125 Å². The van der Waals surface area contributed by atoms with Crippen LogP contribution in [-0.4, -0.2) is 27.9 Å². The van der Waals surface area contributed by atoms with Crippen LogP contribution in [0.25, 0.3) is 0 Å². The third-order valence-corrected chi connectivity index (χ3v) is 2.98. The van der Waals surface area contributed by atoms with Crippen molar-refractivity contribution >= 4 is 23.0 Å². The second-order valence-electron chi connectivity index (χ2n) is 4.39. The van der Waals surface area contributed by atoms with Gasteiger partial charge in [-0.05, 0) is 25.1 Å². The first kappa shape index (κ1) is 15.0. The van der Waals surface area contributed by atoms with E-state index in [0.717, 1.165) is 0 Å². The molecule has 1 aromatic carbocycles. The van der Waals surface area contributed by atoms with Crippen LogP contribution in [0.4, 0.5) is 11.4 Å². The Morgan fingerprint density at radius 3 is 2.86 bits per heavy atom. The number of aromatic nitrogens is 2. The summed E-state index contributed by atoms with van der Waals surface area (Å²) in [5.74, 6) is 0.332. The van der Waals surface area contributed by atoms with Crippen LogP contribution in [0.2, 0.25) is 5.02 Å². The van der Waals surface area contributed by atoms with E-state index in [-0.39, 0.29) is 16.8 Å². The predicted molar refractivity (Wildman–Crippen MR) is 75.7 cm³/mol. The van der Waals surface area contributed by atoms with Crippen LogP contribution in [0.15, 0.2) is 22.8 Å². The molecule has 2 rings (SSSR count). The van der Waals surface area contributed by atoms with Gasteiger partial charge in [0.05, 0.1) is 22.2 Å². The van der Waals surface area contributed by atoms with Gasteiger partial charge in [-0.1, -0.05) is 16.8 Å². The lowest BCUT2D eigenvalue weighted by Crippen LogP contribution is -2.23. The molecule has 0 fully saturated rings. The molecule has 0 bridgehead atoms. The molecule has 112 valence electrons. The maximum absolute atomic E-state index is 10.6. The molecule has 2 aromatic rings. The van der Waals surface area contributed by atoms with E-state index in [4.69, 9.17) is 16.3 Å². The lowest BCUT2D eigenvalue weighted by Gasteiger charge is -2.14. The molecule has 0 saturated heterocycles. The van der Waals surface area contributed by atoms with Crippen molar-refractivity contribution in [1.82, 2.24) is 10.3 Å². The molecular formula is C12H13ClN4O4. The number of nitrogens with zero attached hydrogens (tertiary/aromatic N) is 3. The van der Waals surface area contributed by atoms with Crippen LogP contribution >= 0.6 is 11.6 Å². The molecule has 9 heteroatoms. The third-order valence-electron chi connectivity index (χ3n) is 2.67. The average Bonchev–Trinajstić information content (AvgIpc) is 2.82. The maximum atomic E-state index is 10.6. The second kappa shape index (κ2) is 6.40. The quantitative estimate of drug-likeness (QED) is 0.646. The van der Waals surface area contributed by atoms with Crippen molar-refractivity contribution in [3.63, 3.8) is 0 Å². The summed E-state index contributed by atoms with van der Waals surface area (Å²) < 4.78 is 10.1. The molecule has 0 unspecified atom stereocenters. The number of hydrogen-bond donors (Lipinski definition) is 1. The van der Waals surface area contributed by atoms with Gasteiger partial charge in [0.15, 0.2) is 0 Å². The summed E-state index contributed by atoms with van der Waals surface area (Å²) in [6.45, 7) is 3.99. The van der Waals surface area contributed by atoms with Gasteiger partial charge in [0.1, 0.15) is 11.8 Å². The van der Waals surface area contributed by atoms with Gasteiger partial charge in [-0.15, -0.1) is 0 Å². The van der Waals surface area contributed by atoms with Gasteiger partial charge in [0.25, 0.3) is 11.6 Å². The number of benzene rings is 1. The normalized spacial score (nSPS) is 12.0. The van der Waals surface area contributed by atoms with Crippen LogP contribution in [0.1, 0.15) is 12.6 Å². The molecule has 0 spiro atoms. The standard InChI is InChI=1S/C12H13ClN4O4/c1-7(20-12-8(2)15-21-16-12)6-14-11-4-3-9(17(18)19)5-10(11)13/h3-5,7,14H,6H2,1-2H3/t7-/m1/s1. The number of anilines is 1. The van der Waals surface area contributed by atoms with Gasteiger partial charge in [0, 0.05) is 12.1 Å². The molecule has 0 aliphatic carbocycles. The predicted octanol–water partition coefficient (Wildman–Crippen LogP) is 2.82. The van der Waals surface area contributed by atoms with Crippen LogP contribution in [-0.2, 0) is 0 Å². The minimum atomic E-state index is -0.498. The van der Waals surface area contributed by atoms with Crippen molar-refractivity contribution in [2.45, 2.75) is 20.0 Å². The molecule has 1 heterocycles. The molecule has 1 atom stereocenters. The molecule has 0 aliphatic rings. The Balaban J connectivity index is 1.93. The zero-order valence-corrected chi connectivity index (χ0v) is 12.1. The highest BCUT2D eigenvalue weighted by atomic mass is 35.5. The van der Waals surface area contributed by atoms with E-state index < -0.39 is 4.92 Å². The van der Waals surface area contributed by atoms with E-state index in [9.17, 15) is 10.1 Å². The van der Waals surface area contributed by atoms with E-state index in [1.165, 1.54) is 12.1 Å². The highest BCUT2D eigenvalue weighted by molar-refractivity contribution is 6.33. The van der Waals surface area contributed by atoms with Crippen LogP contribution in [0.3, 0.4) is 0 Å². The summed E-state index contributed by atoms with van der Waals surface area (Å²) in [6.07, 6.45) is -0.221. The number of halogens is 1. The lowest BCUT2D eigenvalue weighted by molar-refractivity contribution is -0.384. The molecule has 0 amide bonds. The number of nitro benzene ring substituents is 1. The fraction of sp³-hybridized carbons (Fsp3) is 0.333. The summed E-state index contributed by atoms with van der Waals surface area (Å²) in [4.78, 5) is 10.1. The molecule has 8 nitrogen and oxygen atoms in total. The molecular weight excluding hydrogens is 300 g/mol. The number of ether oxygens (including phenoxy) is 1. The van der Waals surface area contributed by atoms with Crippen molar-refractivity contribution in [3.8, 4) is 5.88 Å². The maximum Gasteiger partial charge on any atom is 0.279 e. The highest BCUT2D eigenvalue weighted by Crippen LogP contribution is 2.26. The minimum Gasteiger partial charge on any atom is -0.469 e. The largest absolute Gasteiger partial charge is 0.469 e. The summed E-state index contributed by atoms with van der Waals surface area (Å²) in [5, 5.41) is 21.2. The van der Waals surface area contributed by atoms with Gasteiger partial charge >= 0.3 is 0 Å². The average molecular weight is 313 g/mol.